The first-order chi connectivity index (χ1) is 29.8. The Kier molecular flexibility index (Phi) is 10.4. The molecule has 0 saturated carbocycles. The molecule has 11 heteroatoms. The van der Waals surface area contributed by atoms with Gasteiger partial charge in [0.05, 0.1) is 42.4 Å². The van der Waals surface area contributed by atoms with Crippen molar-refractivity contribution in [3.63, 3.8) is 0 Å². The molecule has 0 atom stereocenters. The summed E-state index contributed by atoms with van der Waals surface area (Å²) >= 11 is 0. The summed E-state index contributed by atoms with van der Waals surface area (Å²) in [6, 6.07) is 45.6. The van der Waals surface area contributed by atoms with Crippen molar-refractivity contribution in [3.8, 4) is 50.3 Å². The van der Waals surface area contributed by atoms with Crippen LogP contribution >= 0.6 is 0 Å². The topological polar surface area (TPSA) is 161 Å². The van der Waals surface area contributed by atoms with E-state index < -0.39 is 37.5 Å². The number of hydrogen-bond acceptors (Lipinski definition) is 7. The van der Waals surface area contributed by atoms with Crippen LogP contribution in [0.15, 0.2) is 140 Å². The van der Waals surface area contributed by atoms with Gasteiger partial charge < -0.3 is 24.9 Å². The maximum absolute atomic E-state index is 13.1. The minimum absolute atomic E-state index is 0.192. The Morgan fingerprint density at radius 1 is 0.459 bits per heavy atom. The number of aromatic nitrogens is 4. The smallest absolute Gasteiger partial charge is 0.325 e. The molecule has 2 aliphatic rings. The molecule has 0 unspecified atom stereocenters. The Morgan fingerprint density at radius 3 is 1.20 bits per heavy atom. The molecule has 7 aromatic rings. The first kappa shape index (κ1) is 38.4. The highest BCUT2D eigenvalue weighted by atomic mass is 16.5. The van der Waals surface area contributed by atoms with E-state index in [4.69, 9.17) is 14.7 Å². The number of aromatic amines is 2. The monoisotopic (exact) mass is 803 g/mol. The zero-order chi connectivity index (χ0) is 41.9. The van der Waals surface area contributed by atoms with Crippen LogP contribution in [0, 0.1) is 0 Å². The first-order valence-electron chi connectivity index (χ1n) is 19.6. The molecule has 11 nitrogen and oxygen atoms in total. The average Bonchev–Trinajstić information content (AvgIpc) is 4.10. The first-order valence-corrected chi connectivity index (χ1v) is 19.6. The lowest BCUT2D eigenvalue weighted by molar-refractivity contribution is -0.143. The molecule has 5 heterocycles. The van der Waals surface area contributed by atoms with Gasteiger partial charge in [0.2, 0.25) is 0 Å². The minimum atomic E-state index is -1.26. The van der Waals surface area contributed by atoms with Crippen LogP contribution in [0.4, 0.5) is 0 Å². The highest BCUT2D eigenvalue weighted by Crippen LogP contribution is 2.38. The van der Waals surface area contributed by atoms with Gasteiger partial charge in [-0.3, -0.25) is 19.3 Å². The average molecular weight is 804 g/mol. The number of H-pyrrole nitrogens is 2. The zero-order valence-electron chi connectivity index (χ0n) is 32.6. The molecule has 0 aliphatic carbocycles. The maximum Gasteiger partial charge on any atom is 0.325 e. The number of fused-ring (bicyclic) bond motifs is 8. The van der Waals surface area contributed by atoms with Crippen molar-refractivity contribution in [1.82, 2.24) is 24.8 Å². The van der Waals surface area contributed by atoms with Gasteiger partial charge >= 0.3 is 17.9 Å². The van der Waals surface area contributed by atoms with E-state index in [2.05, 4.69) is 64.6 Å². The number of rotatable bonds is 11. The van der Waals surface area contributed by atoms with Crippen molar-refractivity contribution in [2.45, 2.75) is 0 Å². The number of aliphatic carboxylic acids is 2. The van der Waals surface area contributed by atoms with Gasteiger partial charge in [-0.05, 0) is 83.0 Å². The molecule has 298 valence electrons. The summed E-state index contributed by atoms with van der Waals surface area (Å²) in [5.74, 6) is -3.14. The van der Waals surface area contributed by atoms with E-state index in [1.165, 1.54) is 0 Å². The molecule has 2 aliphatic heterocycles. The number of carbonyl (C=O) groups is 3. The molecular formula is C50H37N5O6. The van der Waals surface area contributed by atoms with E-state index in [1.54, 1.807) is 18.2 Å². The zero-order valence-corrected chi connectivity index (χ0v) is 32.6. The summed E-state index contributed by atoms with van der Waals surface area (Å²) in [6.07, 6.45) is 8.07. The molecule has 0 amide bonds. The molecule has 0 fully saturated rings. The van der Waals surface area contributed by atoms with E-state index >= 15 is 0 Å². The molecule has 61 heavy (non-hydrogen) atoms. The van der Waals surface area contributed by atoms with Crippen molar-refractivity contribution in [3.05, 3.63) is 162 Å². The molecule has 8 bridgehead atoms. The standard InChI is InChI=1S/C50H37N5O6/c56-44(57)28-55(29-45(58)59)30-46(60)61-35-18-10-17-34(27-35)50-42-25-23-40(53-42)48(32-13-6-2-7-14-32)38-21-19-36(51-38)47(31-11-4-1-5-12-31)37-20-22-39(52-37)49(33-15-8-3-9-16-33)41-24-26-43(50)54-41/h1-27,51,54H,28-30H2,(H,56,57)(H,58,59). The lowest BCUT2D eigenvalue weighted by atomic mass is 10.0. The second kappa shape index (κ2) is 16.6. The summed E-state index contributed by atoms with van der Waals surface area (Å²) in [4.78, 5) is 54.9. The van der Waals surface area contributed by atoms with Gasteiger partial charge in [-0.2, -0.15) is 0 Å². The molecule has 0 radical (unpaired) electrons. The Hall–Kier alpha value is -8.15. The number of hydrogen-bond donors (Lipinski definition) is 4. The van der Waals surface area contributed by atoms with Gasteiger partial charge in [0.1, 0.15) is 5.75 Å². The summed E-state index contributed by atoms with van der Waals surface area (Å²) in [6.45, 7) is -1.81. The van der Waals surface area contributed by atoms with Crippen molar-refractivity contribution in [1.29, 1.82) is 0 Å². The highest BCUT2D eigenvalue weighted by Gasteiger charge is 2.21. The predicted octanol–water partition coefficient (Wildman–Crippen LogP) is 9.70. The molecule has 9 rings (SSSR count). The highest BCUT2D eigenvalue weighted by molar-refractivity contribution is 6.00. The second-order valence-corrected chi connectivity index (χ2v) is 14.5. The van der Waals surface area contributed by atoms with Crippen molar-refractivity contribution >= 4 is 64.3 Å². The number of benzene rings is 4. The third-order valence-corrected chi connectivity index (χ3v) is 10.4. The number of carboxylic acid groups (broad SMARTS) is 2. The summed E-state index contributed by atoms with van der Waals surface area (Å²) in [5.41, 5.74) is 13.4. The van der Waals surface area contributed by atoms with E-state index in [-0.39, 0.29) is 5.75 Å². The summed E-state index contributed by atoms with van der Waals surface area (Å²) < 4.78 is 5.70. The quantitative estimate of drug-likeness (QED) is 0.0737. The van der Waals surface area contributed by atoms with Crippen LogP contribution in [0.2, 0.25) is 0 Å². The Balaban J connectivity index is 1.31. The molecular weight excluding hydrogens is 767 g/mol. The summed E-state index contributed by atoms with van der Waals surface area (Å²) in [7, 11) is 0. The van der Waals surface area contributed by atoms with Crippen LogP contribution in [-0.4, -0.2) is 72.6 Å². The van der Waals surface area contributed by atoms with Crippen molar-refractivity contribution in [2.24, 2.45) is 0 Å². The van der Waals surface area contributed by atoms with Gasteiger partial charge in [0, 0.05) is 44.3 Å². The number of esters is 1. The van der Waals surface area contributed by atoms with Crippen LogP contribution in [-0.2, 0) is 14.4 Å². The molecule has 4 aromatic carbocycles. The van der Waals surface area contributed by atoms with E-state index in [0.29, 0.717) is 11.3 Å². The summed E-state index contributed by atoms with van der Waals surface area (Å²) in [5, 5.41) is 18.6. The van der Waals surface area contributed by atoms with Crippen molar-refractivity contribution < 1.29 is 29.3 Å². The molecule has 4 N–H and O–H groups in total. The van der Waals surface area contributed by atoms with Gasteiger partial charge in [-0.1, -0.05) is 103 Å². The number of nitrogens with zero attached hydrogens (tertiary/aromatic N) is 3. The van der Waals surface area contributed by atoms with Crippen LogP contribution in [0.3, 0.4) is 0 Å². The SMILES string of the molecule is O=C(O)CN(CC(=O)O)CC(=O)Oc1cccc(-c2c3nc(c(-c4ccccc4)c4ccc([nH]4)c(-c4ccccc4)c4nc(c(-c5ccccc5)c5ccc2[nH]5)C=C4)C=C3)c1. The largest absolute Gasteiger partial charge is 0.480 e. The van der Waals surface area contributed by atoms with Gasteiger partial charge in [-0.15, -0.1) is 0 Å². The van der Waals surface area contributed by atoms with Gasteiger partial charge in [0.25, 0.3) is 0 Å². The lowest BCUT2D eigenvalue weighted by Gasteiger charge is -2.16. The Bertz CT molecular complexity index is 3010. The second-order valence-electron chi connectivity index (χ2n) is 14.5. The number of carbonyl (C=O) groups excluding carboxylic acids is 1. The molecule has 0 spiro atoms. The fourth-order valence-corrected chi connectivity index (χ4v) is 7.85. The Labute approximate surface area is 349 Å². The van der Waals surface area contributed by atoms with E-state index in [1.807, 2.05) is 91.0 Å². The minimum Gasteiger partial charge on any atom is -0.480 e. The third-order valence-electron chi connectivity index (χ3n) is 10.4. The normalized spacial score (nSPS) is 11.8. The fourth-order valence-electron chi connectivity index (χ4n) is 7.85. The predicted molar refractivity (Wildman–Crippen MR) is 238 cm³/mol. The lowest BCUT2D eigenvalue weighted by Crippen LogP contribution is -2.39. The van der Waals surface area contributed by atoms with Gasteiger partial charge in [-0.25, -0.2) is 9.97 Å². The van der Waals surface area contributed by atoms with Crippen LogP contribution in [0.5, 0.6) is 5.75 Å². The van der Waals surface area contributed by atoms with Gasteiger partial charge in [0.15, 0.2) is 0 Å². The van der Waals surface area contributed by atoms with Crippen molar-refractivity contribution in [2.75, 3.05) is 19.6 Å². The van der Waals surface area contributed by atoms with Crippen LogP contribution in [0.1, 0.15) is 22.8 Å². The fraction of sp³-hybridized carbons (Fsp3) is 0.0600. The number of nitrogens with one attached hydrogen (secondary N) is 2. The van der Waals surface area contributed by atoms with Crippen LogP contribution < -0.4 is 4.74 Å². The van der Waals surface area contributed by atoms with E-state index in [9.17, 15) is 24.6 Å². The molecule has 0 saturated heterocycles. The van der Waals surface area contributed by atoms with E-state index in [0.717, 1.165) is 83.0 Å². The van der Waals surface area contributed by atoms with Crippen LogP contribution in [0.25, 0.3) is 90.9 Å². The maximum atomic E-state index is 13.1. The number of ether oxygens (including phenoxy) is 1. The third kappa shape index (κ3) is 8.14. The Morgan fingerprint density at radius 2 is 0.820 bits per heavy atom. The molecule has 3 aromatic heterocycles. The number of carboxylic acids is 2.